The summed E-state index contributed by atoms with van der Waals surface area (Å²) >= 11 is 0. The summed E-state index contributed by atoms with van der Waals surface area (Å²) in [6.07, 6.45) is -3.53. The summed E-state index contributed by atoms with van der Waals surface area (Å²) in [4.78, 5) is 10.9. The number of carbonyl (C=O) groups excluding carboxylic acids is 1. The van der Waals surface area contributed by atoms with Gasteiger partial charge < -0.3 is 10.5 Å². The molecule has 2 rings (SSSR count). The van der Waals surface area contributed by atoms with E-state index in [1.54, 1.807) is 0 Å². The highest BCUT2D eigenvalue weighted by molar-refractivity contribution is 5.89. The Labute approximate surface area is 92.6 Å². The normalized spacial score (nSPS) is 11.7. The smallest absolute Gasteiger partial charge is 0.406 e. The lowest BCUT2D eigenvalue weighted by molar-refractivity contribution is -0.274. The van der Waals surface area contributed by atoms with Gasteiger partial charge in [-0.15, -0.1) is 13.2 Å². The SMILES string of the molecule is NC(=O)n1ncc2cc(OC(F)(F)F)ccc21. The summed E-state index contributed by atoms with van der Waals surface area (Å²) in [6.45, 7) is 0. The molecule has 1 heterocycles. The zero-order valence-electron chi connectivity index (χ0n) is 8.23. The van der Waals surface area contributed by atoms with Crippen LogP contribution in [0.4, 0.5) is 18.0 Å². The van der Waals surface area contributed by atoms with Gasteiger partial charge in [0.25, 0.3) is 0 Å². The van der Waals surface area contributed by atoms with Gasteiger partial charge in [-0.3, -0.25) is 0 Å². The van der Waals surface area contributed by atoms with Crippen LogP contribution in [0.3, 0.4) is 0 Å². The molecule has 90 valence electrons. The van der Waals surface area contributed by atoms with E-state index in [1.807, 2.05) is 0 Å². The largest absolute Gasteiger partial charge is 0.573 e. The molecule has 0 saturated heterocycles. The fourth-order valence-corrected chi connectivity index (χ4v) is 1.38. The Balaban J connectivity index is 2.43. The number of primary amides is 1. The quantitative estimate of drug-likeness (QED) is 0.833. The number of fused-ring (bicyclic) bond motifs is 1. The number of benzene rings is 1. The predicted octanol–water partition coefficient (Wildman–Crippen LogP) is 1.86. The van der Waals surface area contributed by atoms with Crippen molar-refractivity contribution < 1.29 is 22.7 Å². The van der Waals surface area contributed by atoms with Crippen LogP contribution in [-0.2, 0) is 0 Å². The third-order valence-corrected chi connectivity index (χ3v) is 1.98. The van der Waals surface area contributed by atoms with Crippen LogP contribution >= 0.6 is 0 Å². The molecule has 1 amide bonds. The molecule has 0 radical (unpaired) electrons. The van der Waals surface area contributed by atoms with Crippen LogP contribution in [0.1, 0.15) is 0 Å². The molecule has 0 atom stereocenters. The van der Waals surface area contributed by atoms with Crippen molar-refractivity contribution in [3.63, 3.8) is 0 Å². The van der Waals surface area contributed by atoms with E-state index >= 15 is 0 Å². The Kier molecular flexibility index (Phi) is 2.41. The molecule has 0 saturated carbocycles. The van der Waals surface area contributed by atoms with Gasteiger partial charge in [0, 0.05) is 5.39 Å². The number of ether oxygens (including phenoxy) is 1. The van der Waals surface area contributed by atoms with Crippen molar-refractivity contribution in [1.82, 2.24) is 9.78 Å². The number of hydrogen-bond acceptors (Lipinski definition) is 3. The fourth-order valence-electron chi connectivity index (χ4n) is 1.38. The molecule has 2 aromatic rings. The molecule has 2 N–H and O–H groups in total. The third kappa shape index (κ3) is 2.30. The minimum absolute atomic E-state index is 0.312. The molecular formula is C9H6F3N3O2. The summed E-state index contributed by atoms with van der Waals surface area (Å²) in [5.74, 6) is -0.381. The second-order valence-electron chi connectivity index (χ2n) is 3.16. The van der Waals surface area contributed by atoms with Gasteiger partial charge in [-0.25, -0.2) is 4.79 Å². The molecule has 1 aromatic carbocycles. The molecule has 0 aliphatic carbocycles. The lowest BCUT2D eigenvalue weighted by atomic mass is 10.2. The number of halogens is 3. The van der Waals surface area contributed by atoms with Crippen LogP contribution < -0.4 is 10.5 Å². The first-order valence-corrected chi connectivity index (χ1v) is 4.40. The minimum atomic E-state index is -4.76. The zero-order chi connectivity index (χ0) is 12.6. The average Bonchev–Trinajstić information content (AvgIpc) is 2.57. The monoisotopic (exact) mass is 245 g/mol. The molecule has 0 unspecified atom stereocenters. The van der Waals surface area contributed by atoms with E-state index in [-0.39, 0.29) is 5.75 Å². The van der Waals surface area contributed by atoms with Gasteiger partial charge >= 0.3 is 12.4 Å². The average molecular weight is 245 g/mol. The second kappa shape index (κ2) is 3.65. The van der Waals surface area contributed by atoms with Crippen molar-refractivity contribution in [1.29, 1.82) is 0 Å². The number of hydrogen-bond donors (Lipinski definition) is 1. The fraction of sp³-hybridized carbons (Fsp3) is 0.111. The molecule has 0 aliphatic rings. The summed E-state index contributed by atoms with van der Waals surface area (Å²) in [6, 6.07) is 2.66. The van der Waals surface area contributed by atoms with Gasteiger partial charge in [0.05, 0.1) is 11.7 Å². The Morgan fingerprint density at radius 1 is 1.41 bits per heavy atom. The third-order valence-electron chi connectivity index (χ3n) is 1.98. The molecule has 1 aromatic heterocycles. The molecule has 0 bridgehead atoms. The maximum Gasteiger partial charge on any atom is 0.573 e. The van der Waals surface area contributed by atoms with Crippen molar-refractivity contribution in [2.75, 3.05) is 0 Å². The molecule has 5 nitrogen and oxygen atoms in total. The molecule has 0 fully saturated rings. The van der Waals surface area contributed by atoms with Gasteiger partial charge in [0.2, 0.25) is 0 Å². The number of nitrogens with zero attached hydrogens (tertiary/aromatic N) is 2. The number of rotatable bonds is 1. The summed E-state index contributed by atoms with van der Waals surface area (Å²) < 4.78 is 40.5. The van der Waals surface area contributed by atoms with Gasteiger partial charge in [-0.05, 0) is 18.2 Å². The van der Waals surface area contributed by atoms with Crippen LogP contribution in [0.15, 0.2) is 24.4 Å². The standard InChI is InChI=1S/C9H6F3N3O2/c10-9(11,12)17-6-1-2-7-5(3-6)4-14-15(7)8(13)16/h1-4H,(H2,13,16). The van der Waals surface area contributed by atoms with Crippen molar-refractivity contribution >= 4 is 16.9 Å². The summed E-state index contributed by atoms with van der Waals surface area (Å²) in [5, 5.41) is 3.96. The van der Waals surface area contributed by atoms with Gasteiger partial charge in [-0.2, -0.15) is 9.78 Å². The molecule has 0 spiro atoms. The first kappa shape index (κ1) is 11.2. The zero-order valence-corrected chi connectivity index (χ0v) is 8.23. The van der Waals surface area contributed by atoms with E-state index in [1.165, 1.54) is 12.3 Å². The molecule has 0 aliphatic heterocycles. The van der Waals surface area contributed by atoms with Crippen LogP contribution in [0.2, 0.25) is 0 Å². The van der Waals surface area contributed by atoms with E-state index in [0.29, 0.717) is 10.9 Å². The predicted molar refractivity (Wildman–Crippen MR) is 51.4 cm³/mol. The van der Waals surface area contributed by atoms with Crippen molar-refractivity contribution in [2.45, 2.75) is 6.36 Å². The number of carbonyl (C=O) groups is 1. The lowest BCUT2D eigenvalue weighted by Crippen LogP contribution is -2.20. The van der Waals surface area contributed by atoms with Crippen molar-refractivity contribution in [3.05, 3.63) is 24.4 Å². The van der Waals surface area contributed by atoms with Crippen LogP contribution in [0.25, 0.3) is 10.9 Å². The highest BCUT2D eigenvalue weighted by Crippen LogP contribution is 2.26. The maximum absolute atomic E-state index is 12.0. The van der Waals surface area contributed by atoms with E-state index in [4.69, 9.17) is 5.73 Å². The van der Waals surface area contributed by atoms with Gasteiger partial charge in [-0.1, -0.05) is 0 Å². The number of aromatic nitrogens is 2. The topological polar surface area (TPSA) is 70.1 Å². The van der Waals surface area contributed by atoms with Crippen LogP contribution in [-0.4, -0.2) is 22.2 Å². The lowest BCUT2D eigenvalue weighted by Gasteiger charge is -2.08. The number of amides is 1. The Morgan fingerprint density at radius 3 is 2.71 bits per heavy atom. The second-order valence-corrected chi connectivity index (χ2v) is 3.16. The highest BCUT2D eigenvalue weighted by Gasteiger charge is 2.31. The minimum Gasteiger partial charge on any atom is -0.406 e. The van der Waals surface area contributed by atoms with E-state index in [2.05, 4.69) is 9.84 Å². The maximum atomic E-state index is 12.0. The van der Waals surface area contributed by atoms with Gasteiger partial charge in [0.1, 0.15) is 5.75 Å². The summed E-state index contributed by atoms with van der Waals surface area (Å²) in [7, 11) is 0. The Hall–Kier alpha value is -2.25. The number of alkyl halides is 3. The van der Waals surface area contributed by atoms with Crippen LogP contribution in [0.5, 0.6) is 5.75 Å². The Bertz CT molecular complexity index is 576. The van der Waals surface area contributed by atoms with Crippen molar-refractivity contribution in [2.24, 2.45) is 5.73 Å². The van der Waals surface area contributed by atoms with Crippen molar-refractivity contribution in [3.8, 4) is 5.75 Å². The molecule has 8 heteroatoms. The van der Waals surface area contributed by atoms with E-state index in [0.717, 1.165) is 16.8 Å². The van der Waals surface area contributed by atoms with Gasteiger partial charge in [0.15, 0.2) is 0 Å². The first-order chi connectivity index (χ1) is 7.87. The summed E-state index contributed by atoms with van der Waals surface area (Å²) in [5.41, 5.74) is 5.33. The number of nitrogens with two attached hydrogens (primary N) is 1. The molecular weight excluding hydrogens is 239 g/mol. The highest BCUT2D eigenvalue weighted by atomic mass is 19.4. The Morgan fingerprint density at radius 2 is 2.12 bits per heavy atom. The molecule has 17 heavy (non-hydrogen) atoms. The van der Waals surface area contributed by atoms with Crippen LogP contribution in [0, 0.1) is 0 Å². The van der Waals surface area contributed by atoms with E-state index < -0.39 is 12.4 Å². The first-order valence-electron chi connectivity index (χ1n) is 4.40. The van der Waals surface area contributed by atoms with E-state index in [9.17, 15) is 18.0 Å².